The van der Waals surface area contributed by atoms with Crippen molar-refractivity contribution < 1.29 is 0 Å². The molecule has 0 unspecified atom stereocenters. The quantitative estimate of drug-likeness (QED) is 0.687. The highest BCUT2D eigenvalue weighted by atomic mass is 15.3. The second-order valence-corrected chi connectivity index (χ2v) is 3.88. The molecule has 0 atom stereocenters. The minimum Gasteiger partial charge on any atom is -0.150 e. The van der Waals surface area contributed by atoms with E-state index in [1.54, 1.807) is 0 Å². The molecule has 1 radical (unpaired) electrons. The molecule has 1 aliphatic rings. The molecule has 2 aromatic rings. The molecule has 0 aromatic heterocycles. The van der Waals surface area contributed by atoms with Crippen molar-refractivity contribution in [3.63, 3.8) is 0 Å². The molecule has 2 nitrogen and oxygen atoms in total. The molecule has 0 aliphatic carbocycles. The van der Waals surface area contributed by atoms with Crippen LogP contribution in [0.2, 0.25) is 0 Å². The topological polar surface area (TPSA) is 26.5 Å². The predicted octanol–water partition coefficient (Wildman–Crippen LogP) is 3.00. The van der Waals surface area contributed by atoms with E-state index in [0.29, 0.717) is 0 Å². The maximum absolute atomic E-state index is 4.28. The Morgan fingerprint density at radius 2 is 1.50 bits per heavy atom. The number of hydrogen-bond donors (Lipinski definition) is 0. The normalized spacial score (nSPS) is 12.9. The molecule has 1 aliphatic heterocycles. The molecule has 0 N–H and O–H groups in total. The lowest BCUT2D eigenvalue weighted by atomic mass is 9.98. The molecule has 2 aromatic carbocycles. The molecule has 1 heterocycles. The lowest BCUT2D eigenvalue weighted by Crippen LogP contribution is -2.01. The van der Waals surface area contributed by atoms with Gasteiger partial charge in [-0.15, -0.1) is 10.5 Å². The molecule has 0 bridgehead atoms. The summed E-state index contributed by atoms with van der Waals surface area (Å²) in [5.41, 5.74) is 9.64. The molecule has 0 amide bonds. The fourth-order valence-electron chi connectivity index (χ4n) is 1.96. The predicted molar refractivity (Wildman–Crippen MR) is 65.1 cm³/mol. The Hall–Kier alpha value is -2.09. The van der Waals surface area contributed by atoms with Gasteiger partial charge in [0.05, 0.1) is 5.69 Å². The number of benzene rings is 2. The van der Waals surface area contributed by atoms with Crippen LogP contribution in [0.3, 0.4) is 0 Å². The average molecular weight is 207 g/mol. The van der Waals surface area contributed by atoms with Crippen molar-refractivity contribution in [1.29, 1.82) is 0 Å². The summed E-state index contributed by atoms with van der Waals surface area (Å²) in [5.74, 6) is 0. The molecule has 2 heteroatoms. The minimum atomic E-state index is 0.959. The summed E-state index contributed by atoms with van der Waals surface area (Å²) in [5, 5.41) is 4.28. The molecule has 0 saturated heterocycles. The summed E-state index contributed by atoms with van der Waals surface area (Å²) in [6, 6.07) is 16.3. The number of hydrogen-bond acceptors (Lipinski definition) is 1. The first-order valence-corrected chi connectivity index (χ1v) is 5.30. The molecule has 77 valence electrons. The van der Waals surface area contributed by atoms with Crippen molar-refractivity contribution in [1.82, 2.24) is 5.43 Å². The Morgan fingerprint density at radius 1 is 0.812 bits per heavy atom. The third-order valence-electron chi connectivity index (χ3n) is 2.82. The first-order valence-electron chi connectivity index (χ1n) is 5.30. The van der Waals surface area contributed by atoms with Crippen molar-refractivity contribution in [3.8, 4) is 0 Å². The fraction of sp³-hybridized carbons (Fsp3) is 0.0714. The van der Waals surface area contributed by atoms with Crippen molar-refractivity contribution in [2.75, 3.05) is 0 Å². The Morgan fingerprint density at radius 3 is 2.31 bits per heavy atom. The van der Waals surface area contributed by atoms with Crippen LogP contribution >= 0.6 is 0 Å². The summed E-state index contributed by atoms with van der Waals surface area (Å²) < 4.78 is 0. The van der Waals surface area contributed by atoms with Crippen LogP contribution in [0, 0.1) is 6.92 Å². The van der Waals surface area contributed by atoms with Crippen LogP contribution in [0.4, 0.5) is 5.69 Å². The van der Waals surface area contributed by atoms with Gasteiger partial charge in [0.25, 0.3) is 0 Å². The van der Waals surface area contributed by atoms with Gasteiger partial charge in [-0.05, 0) is 18.6 Å². The third-order valence-corrected chi connectivity index (χ3v) is 2.82. The van der Waals surface area contributed by atoms with E-state index in [1.165, 1.54) is 5.56 Å². The van der Waals surface area contributed by atoms with Gasteiger partial charge in [0.1, 0.15) is 5.71 Å². The highest BCUT2D eigenvalue weighted by molar-refractivity contribution is 6.17. The smallest absolute Gasteiger partial charge is 0.103 e. The van der Waals surface area contributed by atoms with Gasteiger partial charge in [0, 0.05) is 11.1 Å². The lowest BCUT2D eigenvalue weighted by molar-refractivity contribution is 0.987. The Kier molecular flexibility index (Phi) is 2.00. The van der Waals surface area contributed by atoms with Crippen molar-refractivity contribution in [2.24, 2.45) is 5.10 Å². The van der Waals surface area contributed by atoms with Gasteiger partial charge in [0.15, 0.2) is 0 Å². The highest BCUT2D eigenvalue weighted by Crippen LogP contribution is 2.26. The maximum atomic E-state index is 4.28. The zero-order chi connectivity index (χ0) is 11.0. The van der Waals surface area contributed by atoms with Crippen LogP contribution in [-0.2, 0) is 0 Å². The highest BCUT2D eigenvalue weighted by Gasteiger charge is 2.19. The zero-order valence-electron chi connectivity index (χ0n) is 9.01. The second-order valence-electron chi connectivity index (χ2n) is 3.88. The maximum Gasteiger partial charge on any atom is 0.103 e. The standard InChI is InChI=1S/C14H11N2/c1-10-6-2-3-7-11(10)14-12-8-4-5-9-13(12)15-16-14/h2-9H,1H3. The molecule has 0 saturated carbocycles. The monoisotopic (exact) mass is 207 g/mol. The SMILES string of the molecule is Cc1ccccc1C1=N[N]c2ccccc21. The van der Waals surface area contributed by atoms with Gasteiger partial charge in [-0.2, -0.15) is 0 Å². The van der Waals surface area contributed by atoms with E-state index < -0.39 is 0 Å². The summed E-state index contributed by atoms with van der Waals surface area (Å²) in [4.78, 5) is 0. The van der Waals surface area contributed by atoms with E-state index >= 15 is 0 Å². The molecule has 0 spiro atoms. The Bertz CT molecular complexity index is 570. The van der Waals surface area contributed by atoms with E-state index in [0.717, 1.165) is 22.5 Å². The van der Waals surface area contributed by atoms with Crippen molar-refractivity contribution >= 4 is 11.4 Å². The van der Waals surface area contributed by atoms with E-state index in [-0.39, 0.29) is 0 Å². The molecule has 0 fully saturated rings. The van der Waals surface area contributed by atoms with E-state index in [9.17, 15) is 0 Å². The van der Waals surface area contributed by atoms with Crippen LogP contribution in [0.1, 0.15) is 16.7 Å². The van der Waals surface area contributed by atoms with Crippen LogP contribution in [0.5, 0.6) is 0 Å². The van der Waals surface area contributed by atoms with Crippen LogP contribution in [0.25, 0.3) is 0 Å². The van der Waals surface area contributed by atoms with Gasteiger partial charge in [0.2, 0.25) is 0 Å². The molecule has 16 heavy (non-hydrogen) atoms. The van der Waals surface area contributed by atoms with Crippen molar-refractivity contribution in [2.45, 2.75) is 6.92 Å². The van der Waals surface area contributed by atoms with E-state index in [2.05, 4.69) is 35.7 Å². The molecular formula is C14H11N2. The zero-order valence-corrected chi connectivity index (χ0v) is 9.01. The summed E-state index contributed by atoms with van der Waals surface area (Å²) in [6.07, 6.45) is 0. The first-order chi connectivity index (χ1) is 7.86. The summed E-state index contributed by atoms with van der Waals surface area (Å²) >= 11 is 0. The number of nitrogens with zero attached hydrogens (tertiary/aromatic N) is 2. The van der Waals surface area contributed by atoms with Crippen molar-refractivity contribution in [3.05, 3.63) is 65.2 Å². The minimum absolute atomic E-state index is 0.959. The fourth-order valence-corrected chi connectivity index (χ4v) is 1.96. The molecule has 3 rings (SSSR count). The van der Waals surface area contributed by atoms with Crippen LogP contribution in [-0.4, -0.2) is 5.71 Å². The summed E-state index contributed by atoms with van der Waals surface area (Å²) in [6.45, 7) is 2.10. The first kappa shape index (κ1) is 9.16. The Labute approximate surface area is 94.6 Å². The summed E-state index contributed by atoms with van der Waals surface area (Å²) in [7, 11) is 0. The van der Waals surface area contributed by atoms with Gasteiger partial charge < -0.3 is 0 Å². The number of fused-ring (bicyclic) bond motifs is 1. The second kappa shape index (κ2) is 3.49. The number of aryl methyl sites for hydroxylation is 1. The van der Waals surface area contributed by atoms with Gasteiger partial charge >= 0.3 is 0 Å². The third kappa shape index (κ3) is 1.31. The molecular weight excluding hydrogens is 196 g/mol. The van der Waals surface area contributed by atoms with Crippen LogP contribution in [0.15, 0.2) is 53.6 Å². The number of rotatable bonds is 1. The lowest BCUT2D eigenvalue weighted by Gasteiger charge is -2.04. The van der Waals surface area contributed by atoms with E-state index in [1.807, 2.05) is 30.3 Å². The van der Waals surface area contributed by atoms with Crippen LogP contribution < -0.4 is 5.43 Å². The average Bonchev–Trinajstić information content (AvgIpc) is 2.74. The van der Waals surface area contributed by atoms with Gasteiger partial charge in [-0.25, -0.2) is 0 Å². The van der Waals surface area contributed by atoms with Gasteiger partial charge in [-0.1, -0.05) is 42.5 Å². The largest absolute Gasteiger partial charge is 0.150 e. The van der Waals surface area contributed by atoms with Gasteiger partial charge in [-0.3, -0.25) is 0 Å². The Balaban J connectivity index is 2.15. The van der Waals surface area contributed by atoms with E-state index in [4.69, 9.17) is 0 Å².